The molecule has 2 amide bonds. The number of nitrogens with two attached hydrogens (primary N) is 1. The Bertz CT molecular complexity index is 1250. The lowest BCUT2D eigenvalue weighted by atomic mass is 10.2. The van der Waals surface area contributed by atoms with Gasteiger partial charge >= 0.3 is 12.7 Å². The second-order valence-electron chi connectivity index (χ2n) is 7.20. The number of oxazole rings is 1. The van der Waals surface area contributed by atoms with Crippen LogP contribution in [0.15, 0.2) is 40.8 Å². The van der Waals surface area contributed by atoms with Crippen LogP contribution in [0.4, 0.5) is 22.4 Å². The summed E-state index contributed by atoms with van der Waals surface area (Å²) < 4.78 is 72.8. The predicted octanol–water partition coefficient (Wildman–Crippen LogP) is 4.71. The minimum absolute atomic E-state index is 0.00688. The number of hydrogen-bond donors (Lipinski definition) is 2. The number of ether oxygens (including phenoxy) is 3. The van der Waals surface area contributed by atoms with Gasteiger partial charge in [0.05, 0.1) is 6.61 Å². The van der Waals surface area contributed by atoms with E-state index >= 15 is 0 Å². The van der Waals surface area contributed by atoms with E-state index in [0.29, 0.717) is 6.07 Å². The molecule has 3 aromatic rings. The summed E-state index contributed by atoms with van der Waals surface area (Å²) in [6, 6.07) is 6.72. The molecule has 0 aliphatic carbocycles. The van der Waals surface area contributed by atoms with Gasteiger partial charge in [0.25, 0.3) is 5.91 Å². The monoisotopic (exact) mass is 511 g/mol. The average Bonchev–Trinajstić information content (AvgIpc) is 3.25. The maximum absolute atomic E-state index is 13.9. The molecular weight excluding hydrogens is 490 g/mol. The molecule has 192 valence electrons. The van der Waals surface area contributed by atoms with Crippen LogP contribution < -0.4 is 20.5 Å². The first kappa shape index (κ1) is 26.3. The maximum Gasteiger partial charge on any atom is 0.405 e. The molecule has 1 atom stereocenters. The Morgan fingerprint density at radius 2 is 1.89 bits per heavy atom. The maximum atomic E-state index is 13.9. The number of nitrogens with one attached hydrogen (secondary N) is 1. The van der Waals surface area contributed by atoms with Crippen LogP contribution in [0.5, 0.6) is 11.5 Å². The fraction of sp³-hybridized carbons (Fsp3) is 0.261. The third-order valence-electron chi connectivity index (χ3n) is 4.69. The SMILES string of the molecule is CCOc1cc(-c2nc(C(=O)NCc3ccc(F)cc3F)c(C(C)OC(N)=O)o2)ccc1OC(F)F. The molecule has 0 spiro atoms. The molecule has 13 heteroatoms. The van der Waals surface area contributed by atoms with E-state index in [-0.39, 0.29) is 53.1 Å². The number of nitrogens with zero attached hydrogens (tertiary/aromatic N) is 1. The van der Waals surface area contributed by atoms with Crippen molar-refractivity contribution in [2.24, 2.45) is 5.73 Å². The van der Waals surface area contributed by atoms with E-state index in [2.05, 4.69) is 15.0 Å². The Labute approximate surface area is 202 Å². The Kier molecular flexibility index (Phi) is 8.35. The molecule has 0 radical (unpaired) electrons. The zero-order valence-electron chi connectivity index (χ0n) is 19.0. The predicted molar refractivity (Wildman–Crippen MR) is 116 cm³/mol. The van der Waals surface area contributed by atoms with Gasteiger partial charge in [0, 0.05) is 23.7 Å². The Morgan fingerprint density at radius 3 is 2.53 bits per heavy atom. The third kappa shape index (κ3) is 6.43. The number of benzene rings is 2. The number of rotatable bonds is 10. The van der Waals surface area contributed by atoms with Gasteiger partial charge in [-0.15, -0.1) is 0 Å². The first-order chi connectivity index (χ1) is 17.1. The number of carbonyl (C=O) groups excluding carboxylic acids is 2. The van der Waals surface area contributed by atoms with E-state index in [1.165, 1.54) is 25.1 Å². The van der Waals surface area contributed by atoms with Crippen molar-refractivity contribution in [3.63, 3.8) is 0 Å². The molecule has 1 heterocycles. The van der Waals surface area contributed by atoms with Crippen LogP contribution in [0.25, 0.3) is 11.5 Å². The molecule has 36 heavy (non-hydrogen) atoms. The van der Waals surface area contributed by atoms with Crippen molar-refractivity contribution in [2.45, 2.75) is 33.1 Å². The molecule has 0 aliphatic rings. The Morgan fingerprint density at radius 1 is 1.14 bits per heavy atom. The first-order valence-electron chi connectivity index (χ1n) is 10.5. The van der Waals surface area contributed by atoms with Crippen LogP contribution in [0.2, 0.25) is 0 Å². The van der Waals surface area contributed by atoms with Gasteiger partial charge in [-0.25, -0.2) is 18.6 Å². The molecule has 0 aliphatic heterocycles. The van der Waals surface area contributed by atoms with Crippen molar-refractivity contribution >= 4 is 12.0 Å². The summed E-state index contributed by atoms with van der Waals surface area (Å²) in [7, 11) is 0. The normalized spacial score (nSPS) is 11.8. The topological polar surface area (TPSA) is 126 Å². The molecule has 1 unspecified atom stereocenters. The molecule has 0 saturated carbocycles. The fourth-order valence-electron chi connectivity index (χ4n) is 3.15. The molecule has 9 nitrogen and oxygen atoms in total. The lowest BCUT2D eigenvalue weighted by Gasteiger charge is -2.12. The number of alkyl halides is 2. The van der Waals surface area contributed by atoms with Crippen LogP contribution in [-0.4, -0.2) is 30.2 Å². The minimum atomic E-state index is -3.09. The van der Waals surface area contributed by atoms with Gasteiger partial charge in [-0.05, 0) is 38.1 Å². The summed E-state index contributed by atoms with van der Waals surface area (Å²) in [5.74, 6) is -3.07. The third-order valence-corrected chi connectivity index (χ3v) is 4.69. The fourth-order valence-corrected chi connectivity index (χ4v) is 3.15. The van der Waals surface area contributed by atoms with E-state index < -0.39 is 36.4 Å². The quantitative estimate of drug-likeness (QED) is 0.378. The zero-order chi connectivity index (χ0) is 26.4. The summed E-state index contributed by atoms with van der Waals surface area (Å²) in [4.78, 5) is 28.2. The molecule has 0 saturated heterocycles. The van der Waals surface area contributed by atoms with Gasteiger partial charge < -0.3 is 29.7 Å². The van der Waals surface area contributed by atoms with Crippen LogP contribution >= 0.6 is 0 Å². The van der Waals surface area contributed by atoms with Crippen molar-refractivity contribution in [1.29, 1.82) is 0 Å². The average molecular weight is 511 g/mol. The summed E-state index contributed by atoms with van der Waals surface area (Å²) in [6.45, 7) is -0.257. The molecule has 2 aromatic carbocycles. The van der Waals surface area contributed by atoms with E-state index in [1.54, 1.807) is 6.92 Å². The first-order valence-corrected chi connectivity index (χ1v) is 10.5. The van der Waals surface area contributed by atoms with Crippen molar-refractivity contribution in [2.75, 3.05) is 6.61 Å². The number of aromatic nitrogens is 1. The van der Waals surface area contributed by atoms with Gasteiger partial charge in [-0.3, -0.25) is 4.79 Å². The highest BCUT2D eigenvalue weighted by Gasteiger charge is 2.27. The summed E-state index contributed by atoms with van der Waals surface area (Å²) in [6.07, 6.45) is -2.30. The standard InChI is InChI=1S/C23H21F4N3O6/c1-3-33-17-8-12(5-7-16(17)35-22(26)27)21-30-18(19(36-21)11(2)34-23(28)32)20(31)29-10-13-4-6-14(24)9-15(13)25/h4-9,11,22H,3,10H2,1-2H3,(H2,28,32)(H,29,31). The van der Waals surface area contributed by atoms with Gasteiger partial charge in [-0.1, -0.05) is 6.07 Å². The molecule has 1 aromatic heterocycles. The van der Waals surface area contributed by atoms with Gasteiger partial charge in [0.15, 0.2) is 29.1 Å². The summed E-state index contributed by atoms with van der Waals surface area (Å²) >= 11 is 0. The van der Waals surface area contributed by atoms with E-state index in [1.807, 2.05) is 0 Å². The summed E-state index contributed by atoms with van der Waals surface area (Å²) in [5, 5.41) is 2.43. The molecule has 0 fully saturated rings. The Hall–Kier alpha value is -4.29. The Balaban J connectivity index is 1.95. The number of hydrogen-bond acceptors (Lipinski definition) is 7. The van der Waals surface area contributed by atoms with E-state index in [9.17, 15) is 27.2 Å². The van der Waals surface area contributed by atoms with Crippen molar-refractivity contribution < 1.29 is 45.8 Å². The molecular formula is C23H21F4N3O6. The van der Waals surface area contributed by atoms with E-state index in [0.717, 1.165) is 12.1 Å². The molecule has 3 rings (SSSR count). The number of halogens is 4. The highest BCUT2D eigenvalue weighted by molar-refractivity contribution is 5.94. The van der Waals surface area contributed by atoms with Gasteiger partial charge in [0.1, 0.15) is 11.6 Å². The van der Waals surface area contributed by atoms with Crippen molar-refractivity contribution in [1.82, 2.24) is 10.3 Å². The highest BCUT2D eigenvalue weighted by Crippen LogP contribution is 2.35. The largest absolute Gasteiger partial charge is 0.490 e. The smallest absolute Gasteiger partial charge is 0.405 e. The van der Waals surface area contributed by atoms with Gasteiger partial charge in [-0.2, -0.15) is 8.78 Å². The van der Waals surface area contributed by atoms with Crippen molar-refractivity contribution in [3.8, 4) is 23.0 Å². The highest BCUT2D eigenvalue weighted by atomic mass is 19.3. The lowest BCUT2D eigenvalue weighted by molar-refractivity contribution is -0.0514. The van der Waals surface area contributed by atoms with Crippen LogP contribution in [0, 0.1) is 11.6 Å². The number of amides is 2. The number of primary amides is 1. The second-order valence-corrected chi connectivity index (χ2v) is 7.20. The summed E-state index contributed by atoms with van der Waals surface area (Å²) in [5.41, 5.74) is 4.97. The minimum Gasteiger partial charge on any atom is -0.490 e. The molecule has 0 bridgehead atoms. The van der Waals surface area contributed by atoms with E-state index in [4.69, 9.17) is 19.6 Å². The zero-order valence-corrected chi connectivity index (χ0v) is 19.0. The number of carbonyl (C=O) groups is 2. The van der Waals surface area contributed by atoms with Gasteiger partial charge in [0.2, 0.25) is 5.89 Å². The van der Waals surface area contributed by atoms with Crippen LogP contribution in [0.1, 0.15) is 41.8 Å². The van der Waals surface area contributed by atoms with Crippen LogP contribution in [0.3, 0.4) is 0 Å². The lowest BCUT2D eigenvalue weighted by Crippen LogP contribution is -2.26. The molecule has 3 N–H and O–H groups in total. The second kappa shape index (κ2) is 11.4. The van der Waals surface area contributed by atoms with Crippen LogP contribution in [-0.2, 0) is 11.3 Å². The van der Waals surface area contributed by atoms with Crippen molar-refractivity contribution in [3.05, 3.63) is 65.1 Å².